The molecule has 0 bridgehead atoms. The SMILES string of the molecule is CC(C)C[C@H](NC(=O)CNC(=O)c1cc(C(F)(F)F)ccc1F)B1O[C@@H]2CC(C(C)C)CC[C@]2(C)O1. The van der Waals surface area contributed by atoms with Crippen LogP contribution in [0.25, 0.3) is 0 Å². The molecule has 200 valence electrons. The molecule has 1 saturated carbocycles. The second-order valence-corrected chi connectivity index (χ2v) is 10.9. The molecule has 2 fully saturated rings. The number of carbonyl (C=O) groups is 2. The molecule has 1 saturated heterocycles. The number of alkyl halides is 3. The first-order chi connectivity index (χ1) is 16.7. The Kier molecular flexibility index (Phi) is 8.76. The third kappa shape index (κ3) is 6.79. The number of hydrogen-bond donors (Lipinski definition) is 2. The number of benzene rings is 1. The van der Waals surface area contributed by atoms with Crippen LogP contribution in [0.2, 0.25) is 0 Å². The molecule has 1 unspecified atom stereocenters. The van der Waals surface area contributed by atoms with Crippen molar-refractivity contribution in [3.05, 3.63) is 35.1 Å². The maximum Gasteiger partial charge on any atom is 0.481 e. The lowest BCUT2D eigenvalue weighted by molar-refractivity contribution is -0.137. The molecule has 0 radical (unpaired) electrons. The van der Waals surface area contributed by atoms with Gasteiger partial charge in [-0.25, -0.2) is 4.39 Å². The normalized spacial score (nSPS) is 25.1. The Morgan fingerprint density at radius 2 is 1.92 bits per heavy atom. The molecule has 1 aliphatic carbocycles. The van der Waals surface area contributed by atoms with E-state index in [-0.39, 0.29) is 12.0 Å². The van der Waals surface area contributed by atoms with Crippen molar-refractivity contribution < 1.29 is 36.5 Å². The molecule has 0 aromatic heterocycles. The molecule has 3 rings (SSSR count). The zero-order chi connectivity index (χ0) is 26.8. The fraction of sp³-hybridized carbons (Fsp3) is 0.680. The summed E-state index contributed by atoms with van der Waals surface area (Å²) in [5.74, 6) is -2.00. The summed E-state index contributed by atoms with van der Waals surface area (Å²) in [4.78, 5) is 25.0. The quantitative estimate of drug-likeness (QED) is 0.388. The fourth-order valence-electron chi connectivity index (χ4n) is 4.98. The Morgan fingerprint density at radius 3 is 2.53 bits per heavy atom. The van der Waals surface area contributed by atoms with Crippen molar-refractivity contribution in [2.24, 2.45) is 17.8 Å². The van der Waals surface area contributed by atoms with Crippen LogP contribution in [-0.4, -0.2) is 43.1 Å². The van der Waals surface area contributed by atoms with E-state index in [0.29, 0.717) is 36.5 Å². The van der Waals surface area contributed by atoms with Crippen molar-refractivity contribution in [2.45, 2.75) is 84.1 Å². The van der Waals surface area contributed by atoms with Gasteiger partial charge in [0.25, 0.3) is 5.91 Å². The van der Waals surface area contributed by atoms with E-state index in [1.165, 1.54) is 0 Å². The van der Waals surface area contributed by atoms with Gasteiger partial charge in [-0.1, -0.05) is 27.7 Å². The lowest BCUT2D eigenvalue weighted by atomic mass is 9.73. The van der Waals surface area contributed by atoms with E-state index in [0.717, 1.165) is 19.3 Å². The zero-order valence-electron chi connectivity index (χ0n) is 21.4. The molecular weight excluding hydrogens is 479 g/mol. The van der Waals surface area contributed by atoms with E-state index < -0.39 is 60.1 Å². The second-order valence-electron chi connectivity index (χ2n) is 10.9. The predicted octanol–water partition coefficient (Wildman–Crippen LogP) is 4.76. The van der Waals surface area contributed by atoms with Gasteiger partial charge in [0.2, 0.25) is 5.91 Å². The highest BCUT2D eigenvalue weighted by Gasteiger charge is 2.54. The van der Waals surface area contributed by atoms with Crippen LogP contribution in [0.1, 0.15) is 76.2 Å². The number of fused-ring (bicyclic) bond motifs is 1. The highest BCUT2D eigenvalue weighted by atomic mass is 19.4. The van der Waals surface area contributed by atoms with Gasteiger partial charge in [0.05, 0.1) is 35.3 Å². The van der Waals surface area contributed by atoms with Gasteiger partial charge < -0.3 is 19.9 Å². The summed E-state index contributed by atoms with van der Waals surface area (Å²) in [6.45, 7) is 9.88. The van der Waals surface area contributed by atoms with Crippen LogP contribution in [0.5, 0.6) is 0 Å². The average Bonchev–Trinajstić information content (AvgIpc) is 3.12. The summed E-state index contributed by atoms with van der Waals surface area (Å²) in [5, 5.41) is 5.03. The van der Waals surface area contributed by atoms with Gasteiger partial charge in [0, 0.05) is 0 Å². The first-order valence-corrected chi connectivity index (χ1v) is 12.5. The van der Waals surface area contributed by atoms with Gasteiger partial charge >= 0.3 is 13.3 Å². The highest BCUT2D eigenvalue weighted by Crippen LogP contribution is 2.44. The molecule has 6 nitrogen and oxygen atoms in total. The maximum absolute atomic E-state index is 14.0. The Bertz CT molecular complexity index is 958. The molecule has 1 heterocycles. The van der Waals surface area contributed by atoms with Gasteiger partial charge in [-0.2, -0.15) is 13.2 Å². The highest BCUT2D eigenvalue weighted by molar-refractivity contribution is 6.47. The Hall–Kier alpha value is -2.14. The first kappa shape index (κ1) is 28.4. The summed E-state index contributed by atoms with van der Waals surface area (Å²) in [7, 11) is -0.658. The number of carbonyl (C=O) groups excluding carboxylic acids is 2. The Balaban J connectivity index is 1.63. The summed E-state index contributed by atoms with van der Waals surface area (Å²) in [5.41, 5.74) is -2.37. The third-order valence-electron chi connectivity index (χ3n) is 7.18. The number of nitrogens with one attached hydrogen (secondary N) is 2. The van der Waals surface area contributed by atoms with E-state index >= 15 is 0 Å². The van der Waals surface area contributed by atoms with Crippen LogP contribution >= 0.6 is 0 Å². The number of amides is 2. The van der Waals surface area contributed by atoms with Crippen LogP contribution < -0.4 is 10.6 Å². The van der Waals surface area contributed by atoms with Crippen LogP contribution in [0.4, 0.5) is 17.6 Å². The Labute approximate surface area is 210 Å². The first-order valence-electron chi connectivity index (χ1n) is 12.5. The lowest BCUT2D eigenvalue weighted by Gasteiger charge is -2.39. The van der Waals surface area contributed by atoms with E-state index in [4.69, 9.17) is 9.31 Å². The minimum Gasteiger partial charge on any atom is -0.404 e. The zero-order valence-corrected chi connectivity index (χ0v) is 21.4. The smallest absolute Gasteiger partial charge is 0.404 e. The van der Waals surface area contributed by atoms with Crippen molar-refractivity contribution >= 4 is 18.9 Å². The second kappa shape index (κ2) is 11.1. The summed E-state index contributed by atoms with van der Waals surface area (Å²) in [6.07, 6.45) is -1.47. The fourth-order valence-corrected chi connectivity index (χ4v) is 4.98. The summed E-state index contributed by atoms with van der Waals surface area (Å²) < 4.78 is 65.4. The molecule has 1 aliphatic heterocycles. The van der Waals surface area contributed by atoms with Crippen molar-refractivity contribution in [1.29, 1.82) is 0 Å². The molecule has 4 atom stereocenters. The monoisotopic (exact) mass is 514 g/mol. The van der Waals surface area contributed by atoms with Gasteiger partial charge in [0.1, 0.15) is 5.82 Å². The molecule has 1 aromatic carbocycles. The van der Waals surface area contributed by atoms with Crippen molar-refractivity contribution in [2.75, 3.05) is 6.54 Å². The van der Waals surface area contributed by atoms with E-state index in [2.05, 4.69) is 24.5 Å². The van der Waals surface area contributed by atoms with Crippen LogP contribution in [-0.2, 0) is 20.3 Å². The topological polar surface area (TPSA) is 76.7 Å². The van der Waals surface area contributed by atoms with E-state index in [1.807, 2.05) is 20.8 Å². The van der Waals surface area contributed by atoms with Crippen LogP contribution in [0.3, 0.4) is 0 Å². The van der Waals surface area contributed by atoms with Gasteiger partial charge in [-0.15, -0.1) is 0 Å². The van der Waals surface area contributed by atoms with Gasteiger partial charge in [0.15, 0.2) is 0 Å². The van der Waals surface area contributed by atoms with Crippen molar-refractivity contribution in [1.82, 2.24) is 10.6 Å². The molecule has 2 N–H and O–H groups in total. The summed E-state index contributed by atoms with van der Waals surface area (Å²) >= 11 is 0. The van der Waals surface area contributed by atoms with Crippen molar-refractivity contribution in [3.8, 4) is 0 Å². The number of halogens is 4. The molecule has 2 aliphatic rings. The minimum atomic E-state index is -4.73. The van der Waals surface area contributed by atoms with E-state index in [9.17, 15) is 27.2 Å². The lowest BCUT2D eigenvalue weighted by Crippen LogP contribution is -2.51. The predicted molar refractivity (Wildman–Crippen MR) is 127 cm³/mol. The molecule has 36 heavy (non-hydrogen) atoms. The summed E-state index contributed by atoms with van der Waals surface area (Å²) in [6, 6.07) is 1.56. The van der Waals surface area contributed by atoms with Gasteiger partial charge in [-0.05, 0) is 68.6 Å². The maximum atomic E-state index is 14.0. The van der Waals surface area contributed by atoms with Crippen LogP contribution in [0.15, 0.2) is 18.2 Å². The van der Waals surface area contributed by atoms with Crippen molar-refractivity contribution in [3.63, 3.8) is 0 Å². The third-order valence-corrected chi connectivity index (χ3v) is 7.18. The number of hydrogen-bond acceptors (Lipinski definition) is 4. The molecule has 11 heteroatoms. The molecule has 0 spiro atoms. The molecule has 2 amide bonds. The molecular formula is C25H35BF4N2O4. The minimum absolute atomic E-state index is 0.0844. The largest absolute Gasteiger partial charge is 0.481 e. The standard InChI is InChI=1S/C25H35BF4N2O4/c1-14(2)10-21(26-35-20-11-16(15(3)4)8-9-24(20,5)36-26)32-22(33)13-31-23(34)18-12-17(25(28,29)30)6-7-19(18)27/h6-7,12,14-16,20-21H,8-11,13H2,1-5H3,(H,31,34)(H,32,33)/t16?,20-,21+,24+/m1/s1. The molecule has 1 aromatic rings. The number of rotatable bonds is 8. The van der Waals surface area contributed by atoms with E-state index in [1.54, 1.807) is 0 Å². The van der Waals surface area contributed by atoms with Gasteiger partial charge in [-0.3, -0.25) is 9.59 Å². The van der Waals surface area contributed by atoms with Crippen LogP contribution in [0, 0.1) is 23.6 Å². The Morgan fingerprint density at radius 1 is 1.22 bits per heavy atom. The average molecular weight is 514 g/mol.